The highest BCUT2D eigenvalue weighted by atomic mass is 16.8. The standard InChI is InChI=1S/C11H18O3/c1-2-4-9(5-3-1)12-7-10-6-11(14-10)8-13-11/h9-10H,1-8H2. The number of epoxide rings is 1. The van der Waals surface area contributed by atoms with Crippen LogP contribution in [0.2, 0.25) is 0 Å². The number of ether oxygens (including phenoxy) is 3. The zero-order valence-corrected chi connectivity index (χ0v) is 8.54. The van der Waals surface area contributed by atoms with Crippen molar-refractivity contribution in [2.45, 2.75) is 56.5 Å². The fourth-order valence-electron chi connectivity index (χ4n) is 2.48. The SMILES string of the molecule is C1CCC(OCC2CC3(CO3)O2)CC1. The van der Waals surface area contributed by atoms with E-state index in [4.69, 9.17) is 14.2 Å². The summed E-state index contributed by atoms with van der Waals surface area (Å²) in [7, 11) is 0. The molecule has 0 aromatic rings. The monoisotopic (exact) mass is 198 g/mol. The third-order valence-corrected chi connectivity index (χ3v) is 3.46. The molecule has 3 rings (SSSR count). The van der Waals surface area contributed by atoms with Crippen LogP contribution in [0.4, 0.5) is 0 Å². The second-order valence-corrected chi connectivity index (χ2v) is 4.74. The van der Waals surface area contributed by atoms with E-state index in [9.17, 15) is 0 Å². The lowest BCUT2D eigenvalue weighted by Crippen LogP contribution is -2.44. The van der Waals surface area contributed by atoms with Crippen molar-refractivity contribution >= 4 is 0 Å². The Morgan fingerprint density at radius 1 is 1.21 bits per heavy atom. The highest BCUT2D eigenvalue weighted by Crippen LogP contribution is 2.44. The Morgan fingerprint density at radius 3 is 2.57 bits per heavy atom. The van der Waals surface area contributed by atoms with Gasteiger partial charge in [0.25, 0.3) is 0 Å². The summed E-state index contributed by atoms with van der Waals surface area (Å²) in [5, 5.41) is 0. The van der Waals surface area contributed by atoms with Gasteiger partial charge in [-0.05, 0) is 12.8 Å². The Kier molecular flexibility index (Phi) is 2.26. The quantitative estimate of drug-likeness (QED) is 0.648. The molecule has 80 valence electrons. The normalized spacial score (nSPS) is 42.4. The van der Waals surface area contributed by atoms with Gasteiger partial charge in [-0.1, -0.05) is 19.3 Å². The van der Waals surface area contributed by atoms with E-state index in [1.807, 2.05) is 0 Å². The minimum atomic E-state index is -0.138. The second-order valence-electron chi connectivity index (χ2n) is 4.74. The van der Waals surface area contributed by atoms with Gasteiger partial charge in [0, 0.05) is 6.42 Å². The first-order valence-corrected chi connectivity index (χ1v) is 5.80. The van der Waals surface area contributed by atoms with E-state index in [0.717, 1.165) is 19.6 Å². The van der Waals surface area contributed by atoms with Crippen molar-refractivity contribution in [3.8, 4) is 0 Å². The molecule has 1 aliphatic carbocycles. The molecule has 3 nitrogen and oxygen atoms in total. The van der Waals surface area contributed by atoms with E-state index >= 15 is 0 Å². The molecule has 0 aromatic heterocycles. The molecule has 3 heteroatoms. The summed E-state index contributed by atoms with van der Waals surface area (Å²) in [5.74, 6) is -0.138. The fraction of sp³-hybridized carbons (Fsp3) is 1.00. The molecule has 2 heterocycles. The second kappa shape index (κ2) is 3.47. The summed E-state index contributed by atoms with van der Waals surface area (Å²) >= 11 is 0. The van der Waals surface area contributed by atoms with Gasteiger partial charge >= 0.3 is 0 Å². The predicted octanol–water partition coefficient (Wildman–Crippen LogP) is 1.85. The maximum absolute atomic E-state index is 5.83. The van der Waals surface area contributed by atoms with E-state index in [1.54, 1.807) is 0 Å². The number of rotatable bonds is 3. The van der Waals surface area contributed by atoms with E-state index in [2.05, 4.69) is 0 Å². The van der Waals surface area contributed by atoms with Gasteiger partial charge in [-0.15, -0.1) is 0 Å². The molecule has 1 spiro atoms. The third kappa shape index (κ3) is 1.81. The van der Waals surface area contributed by atoms with Crippen LogP contribution in [0.1, 0.15) is 38.5 Å². The topological polar surface area (TPSA) is 31.0 Å². The molecule has 0 bridgehead atoms. The van der Waals surface area contributed by atoms with Crippen molar-refractivity contribution < 1.29 is 14.2 Å². The van der Waals surface area contributed by atoms with Crippen LogP contribution in [-0.4, -0.2) is 31.2 Å². The molecule has 14 heavy (non-hydrogen) atoms. The average Bonchev–Trinajstić information content (AvgIpc) is 2.94. The minimum absolute atomic E-state index is 0.138. The van der Waals surface area contributed by atoms with Crippen LogP contribution < -0.4 is 0 Å². The highest BCUT2D eigenvalue weighted by Gasteiger charge is 2.57. The molecule has 2 unspecified atom stereocenters. The van der Waals surface area contributed by atoms with Gasteiger partial charge in [-0.3, -0.25) is 0 Å². The lowest BCUT2D eigenvalue weighted by atomic mass is 9.97. The lowest BCUT2D eigenvalue weighted by Gasteiger charge is -2.34. The molecule has 3 fully saturated rings. The van der Waals surface area contributed by atoms with Gasteiger partial charge in [0.1, 0.15) is 6.61 Å². The van der Waals surface area contributed by atoms with Gasteiger partial charge in [-0.2, -0.15) is 0 Å². The van der Waals surface area contributed by atoms with Crippen LogP contribution in [0.25, 0.3) is 0 Å². The van der Waals surface area contributed by atoms with Gasteiger partial charge in [-0.25, -0.2) is 0 Å². The Balaban J connectivity index is 1.33. The zero-order valence-electron chi connectivity index (χ0n) is 8.54. The fourth-order valence-corrected chi connectivity index (χ4v) is 2.48. The summed E-state index contributed by atoms with van der Waals surface area (Å²) < 4.78 is 16.6. The largest absolute Gasteiger partial charge is 0.376 e. The van der Waals surface area contributed by atoms with E-state index < -0.39 is 0 Å². The first-order valence-electron chi connectivity index (χ1n) is 5.80. The van der Waals surface area contributed by atoms with Gasteiger partial charge in [0.2, 0.25) is 0 Å². The summed E-state index contributed by atoms with van der Waals surface area (Å²) in [5.41, 5.74) is 0. The molecular weight excluding hydrogens is 180 g/mol. The van der Waals surface area contributed by atoms with Crippen LogP contribution in [0.5, 0.6) is 0 Å². The Hall–Kier alpha value is -0.120. The van der Waals surface area contributed by atoms with Gasteiger partial charge < -0.3 is 14.2 Å². The Bertz CT molecular complexity index is 199. The Morgan fingerprint density at radius 2 is 1.93 bits per heavy atom. The van der Waals surface area contributed by atoms with Crippen LogP contribution in [-0.2, 0) is 14.2 Å². The smallest absolute Gasteiger partial charge is 0.195 e. The molecule has 0 amide bonds. The van der Waals surface area contributed by atoms with Gasteiger partial charge in [0.15, 0.2) is 5.79 Å². The molecular formula is C11H18O3. The Labute approximate surface area is 84.7 Å². The summed E-state index contributed by atoms with van der Waals surface area (Å²) in [4.78, 5) is 0. The molecule has 1 saturated carbocycles. The predicted molar refractivity (Wildman–Crippen MR) is 51.0 cm³/mol. The van der Waals surface area contributed by atoms with Crippen molar-refractivity contribution in [1.29, 1.82) is 0 Å². The number of hydrogen-bond acceptors (Lipinski definition) is 3. The third-order valence-electron chi connectivity index (χ3n) is 3.46. The average molecular weight is 198 g/mol. The molecule has 2 atom stereocenters. The molecule has 0 aromatic carbocycles. The van der Waals surface area contributed by atoms with Crippen molar-refractivity contribution in [2.75, 3.05) is 13.2 Å². The van der Waals surface area contributed by atoms with Crippen LogP contribution in [0.3, 0.4) is 0 Å². The number of hydrogen-bond donors (Lipinski definition) is 0. The first kappa shape index (κ1) is 9.13. The van der Waals surface area contributed by atoms with Crippen molar-refractivity contribution in [1.82, 2.24) is 0 Å². The molecule has 3 aliphatic rings. The summed E-state index contributed by atoms with van der Waals surface area (Å²) in [6.07, 6.45) is 8.40. The molecule has 2 saturated heterocycles. The summed E-state index contributed by atoms with van der Waals surface area (Å²) in [6.45, 7) is 1.57. The maximum Gasteiger partial charge on any atom is 0.195 e. The van der Waals surface area contributed by atoms with Gasteiger partial charge in [0.05, 0.1) is 18.8 Å². The molecule has 0 N–H and O–H groups in total. The highest BCUT2D eigenvalue weighted by molar-refractivity contribution is 4.94. The summed E-state index contributed by atoms with van der Waals surface area (Å²) in [6, 6.07) is 0. The van der Waals surface area contributed by atoms with E-state index in [-0.39, 0.29) is 5.79 Å². The van der Waals surface area contributed by atoms with E-state index in [0.29, 0.717) is 12.2 Å². The maximum atomic E-state index is 5.83. The van der Waals surface area contributed by atoms with Crippen LogP contribution in [0.15, 0.2) is 0 Å². The molecule has 0 radical (unpaired) electrons. The molecule has 2 aliphatic heterocycles. The van der Waals surface area contributed by atoms with Crippen molar-refractivity contribution in [3.63, 3.8) is 0 Å². The van der Waals surface area contributed by atoms with Crippen LogP contribution in [0, 0.1) is 0 Å². The lowest BCUT2D eigenvalue weighted by molar-refractivity contribution is -0.220. The van der Waals surface area contributed by atoms with Crippen LogP contribution >= 0.6 is 0 Å². The van der Waals surface area contributed by atoms with Crippen molar-refractivity contribution in [3.05, 3.63) is 0 Å². The van der Waals surface area contributed by atoms with Crippen molar-refractivity contribution in [2.24, 2.45) is 0 Å². The zero-order chi connectivity index (χ0) is 9.43. The first-order chi connectivity index (χ1) is 6.86. The minimum Gasteiger partial charge on any atom is -0.376 e. The van der Waals surface area contributed by atoms with E-state index in [1.165, 1.54) is 32.1 Å².